The van der Waals surface area contributed by atoms with Gasteiger partial charge in [-0.2, -0.15) is 5.01 Å². The molecular weight excluding hydrogens is 240 g/mol. The summed E-state index contributed by atoms with van der Waals surface area (Å²) in [7, 11) is 0. The number of anilines is 1. The fraction of sp³-hybridized carbons (Fsp3) is 0.333. The predicted molar refractivity (Wildman–Crippen MR) is 69.6 cm³/mol. The Morgan fingerprint density at radius 3 is 2.11 bits per heavy atom. The Hall–Kier alpha value is -2.10. The zero-order valence-corrected chi connectivity index (χ0v) is 10.3. The maximum Gasteiger partial charge on any atom is 0.252 e. The van der Waals surface area contributed by atoms with Gasteiger partial charge in [-0.15, -0.1) is 0 Å². The van der Waals surface area contributed by atoms with Crippen molar-refractivity contribution in [2.75, 3.05) is 5.43 Å². The number of allylic oxidation sites excluding steroid dienone is 2. The molecule has 1 aromatic carbocycles. The summed E-state index contributed by atoms with van der Waals surface area (Å²) in [6.07, 6.45) is 5.16. The third-order valence-corrected chi connectivity index (χ3v) is 4.49. The van der Waals surface area contributed by atoms with Gasteiger partial charge in [-0.05, 0) is 30.4 Å². The fourth-order valence-corrected chi connectivity index (χ4v) is 3.65. The zero-order chi connectivity index (χ0) is 13.0. The Kier molecular flexibility index (Phi) is 2.10. The second-order valence-electron chi connectivity index (χ2n) is 5.49. The van der Waals surface area contributed by atoms with E-state index in [1.165, 1.54) is 5.01 Å². The van der Waals surface area contributed by atoms with E-state index in [-0.39, 0.29) is 35.5 Å². The van der Waals surface area contributed by atoms with Crippen LogP contribution in [0.3, 0.4) is 0 Å². The highest BCUT2D eigenvalue weighted by atomic mass is 16.2. The molecule has 2 fully saturated rings. The number of benzene rings is 1. The molecule has 2 aliphatic carbocycles. The molecule has 0 radical (unpaired) electrons. The van der Waals surface area contributed by atoms with E-state index in [0.29, 0.717) is 0 Å². The lowest BCUT2D eigenvalue weighted by Crippen LogP contribution is -2.37. The van der Waals surface area contributed by atoms with Gasteiger partial charge >= 0.3 is 0 Å². The van der Waals surface area contributed by atoms with Crippen LogP contribution in [0.2, 0.25) is 0 Å². The van der Waals surface area contributed by atoms with Crippen LogP contribution in [0.25, 0.3) is 0 Å². The number of hydrogen-bond acceptors (Lipinski definition) is 3. The molecule has 0 spiro atoms. The maximum absolute atomic E-state index is 12.4. The molecular formula is C15H14N2O2. The second kappa shape index (κ2) is 3.70. The number of nitrogens with one attached hydrogen (secondary N) is 1. The van der Waals surface area contributed by atoms with Gasteiger partial charge in [0.25, 0.3) is 11.8 Å². The molecule has 3 aliphatic rings. The number of para-hydroxylation sites is 1. The highest BCUT2D eigenvalue weighted by Crippen LogP contribution is 2.52. The first-order valence-electron chi connectivity index (χ1n) is 6.63. The van der Waals surface area contributed by atoms with Gasteiger partial charge in [-0.1, -0.05) is 30.4 Å². The topological polar surface area (TPSA) is 49.4 Å². The van der Waals surface area contributed by atoms with Crippen molar-refractivity contribution >= 4 is 17.5 Å². The first-order valence-corrected chi connectivity index (χ1v) is 6.63. The van der Waals surface area contributed by atoms with Crippen LogP contribution in [0.5, 0.6) is 0 Å². The van der Waals surface area contributed by atoms with E-state index in [0.717, 1.165) is 12.1 Å². The van der Waals surface area contributed by atoms with E-state index in [4.69, 9.17) is 0 Å². The van der Waals surface area contributed by atoms with Crippen molar-refractivity contribution in [2.24, 2.45) is 23.7 Å². The number of imide groups is 1. The summed E-state index contributed by atoms with van der Waals surface area (Å²) in [6, 6.07) is 9.35. The predicted octanol–water partition coefficient (Wildman–Crippen LogP) is 1.82. The third kappa shape index (κ3) is 1.40. The Morgan fingerprint density at radius 2 is 1.53 bits per heavy atom. The SMILES string of the molecule is O=C1[C@@H]2[C@H](C(=O)N1Nc1ccccc1)[C@H]1C=C[C@H]2C1. The zero-order valence-electron chi connectivity index (χ0n) is 10.3. The van der Waals surface area contributed by atoms with Crippen molar-refractivity contribution in [3.63, 3.8) is 0 Å². The van der Waals surface area contributed by atoms with Gasteiger partial charge in [-0.25, -0.2) is 0 Å². The molecule has 2 amide bonds. The van der Waals surface area contributed by atoms with Crippen molar-refractivity contribution in [1.29, 1.82) is 0 Å². The van der Waals surface area contributed by atoms with Crippen molar-refractivity contribution in [3.05, 3.63) is 42.5 Å². The molecule has 4 rings (SSSR count). The Bertz CT molecular complexity index is 551. The average molecular weight is 254 g/mol. The molecule has 1 N–H and O–H groups in total. The third-order valence-electron chi connectivity index (χ3n) is 4.49. The molecule has 4 nitrogen and oxygen atoms in total. The van der Waals surface area contributed by atoms with Crippen LogP contribution in [-0.4, -0.2) is 16.8 Å². The monoisotopic (exact) mass is 254 g/mol. The number of carbonyl (C=O) groups excluding carboxylic acids is 2. The molecule has 1 saturated carbocycles. The molecule has 1 saturated heterocycles. The average Bonchev–Trinajstić information content (AvgIpc) is 3.10. The first-order chi connectivity index (χ1) is 9.25. The molecule has 1 aliphatic heterocycles. The van der Waals surface area contributed by atoms with Crippen molar-refractivity contribution in [1.82, 2.24) is 5.01 Å². The van der Waals surface area contributed by atoms with Gasteiger partial charge in [0.05, 0.1) is 17.5 Å². The van der Waals surface area contributed by atoms with E-state index < -0.39 is 0 Å². The minimum absolute atomic E-state index is 0.0734. The molecule has 0 unspecified atom stereocenters. The van der Waals surface area contributed by atoms with Gasteiger partial charge in [0.1, 0.15) is 0 Å². The number of hydrogen-bond donors (Lipinski definition) is 1. The van der Waals surface area contributed by atoms with Gasteiger partial charge in [0, 0.05) is 0 Å². The largest absolute Gasteiger partial charge is 0.289 e. The normalized spacial score (nSPS) is 35.1. The van der Waals surface area contributed by atoms with Gasteiger partial charge in [-0.3, -0.25) is 15.0 Å². The summed E-state index contributed by atoms with van der Waals surface area (Å²) < 4.78 is 0. The highest BCUT2D eigenvalue weighted by Gasteiger charge is 2.59. The molecule has 2 bridgehead atoms. The van der Waals surface area contributed by atoms with Gasteiger partial charge in [0.15, 0.2) is 0 Å². The number of nitrogens with zero attached hydrogens (tertiary/aromatic N) is 1. The lowest BCUT2D eigenvalue weighted by molar-refractivity contribution is -0.139. The Labute approximate surface area is 111 Å². The smallest absolute Gasteiger partial charge is 0.252 e. The minimum Gasteiger partial charge on any atom is -0.289 e. The van der Waals surface area contributed by atoms with Crippen molar-refractivity contribution in [3.8, 4) is 0 Å². The van der Waals surface area contributed by atoms with Crippen molar-refractivity contribution in [2.45, 2.75) is 6.42 Å². The Balaban J connectivity index is 1.62. The van der Waals surface area contributed by atoms with Crippen LogP contribution in [0.1, 0.15) is 6.42 Å². The lowest BCUT2D eigenvalue weighted by atomic mass is 9.85. The van der Waals surface area contributed by atoms with E-state index in [2.05, 4.69) is 17.6 Å². The first kappa shape index (κ1) is 10.8. The Morgan fingerprint density at radius 1 is 0.947 bits per heavy atom. The number of fused-ring (bicyclic) bond motifs is 5. The molecule has 19 heavy (non-hydrogen) atoms. The van der Waals surface area contributed by atoms with Crippen molar-refractivity contribution < 1.29 is 9.59 Å². The molecule has 4 heteroatoms. The van der Waals surface area contributed by atoms with Crippen LogP contribution in [0, 0.1) is 23.7 Å². The number of hydrazine groups is 1. The summed E-state index contributed by atoms with van der Waals surface area (Å²) in [5, 5.41) is 1.22. The molecule has 0 aromatic heterocycles. The maximum atomic E-state index is 12.4. The van der Waals surface area contributed by atoms with Gasteiger partial charge < -0.3 is 0 Å². The lowest BCUT2D eigenvalue weighted by Gasteiger charge is -2.19. The van der Waals surface area contributed by atoms with E-state index in [9.17, 15) is 9.59 Å². The van der Waals surface area contributed by atoms with E-state index >= 15 is 0 Å². The quantitative estimate of drug-likeness (QED) is 0.647. The summed E-state index contributed by atoms with van der Waals surface area (Å²) in [5.74, 6) is 0.0897. The number of carbonyl (C=O) groups is 2. The molecule has 4 atom stereocenters. The number of amides is 2. The van der Waals surface area contributed by atoms with E-state index in [1.807, 2.05) is 30.3 Å². The van der Waals surface area contributed by atoms with Crippen LogP contribution in [-0.2, 0) is 9.59 Å². The minimum atomic E-state index is -0.140. The molecule has 1 heterocycles. The highest BCUT2D eigenvalue weighted by molar-refractivity contribution is 6.07. The molecule has 96 valence electrons. The summed E-state index contributed by atoms with van der Waals surface area (Å²) in [6.45, 7) is 0. The summed E-state index contributed by atoms with van der Waals surface area (Å²) >= 11 is 0. The molecule has 1 aromatic rings. The fourth-order valence-electron chi connectivity index (χ4n) is 3.65. The van der Waals surface area contributed by atoms with Crippen LogP contribution in [0.15, 0.2) is 42.5 Å². The van der Waals surface area contributed by atoms with Crippen LogP contribution < -0.4 is 5.43 Å². The van der Waals surface area contributed by atoms with Gasteiger partial charge in [0.2, 0.25) is 0 Å². The standard InChI is InChI=1S/C15H14N2O2/c18-14-12-9-6-7-10(8-9)13(12)15(19)17(14)16-11-4-2-1-3-5-11/h1-7,9-10,12-13,16H,8H2/t9-,10-,12-,13+/m0/s1. The van der Waals surface area contributed by atoms with Crippen LogP contribution in [0.4, 0.5) is 5.69 Å². The number of rotatable bonds is 2. The summed E-state index contributed by atoms with van der Waals surface area (Å²) in [5.41, 5.74) is 3.71. The second-order valence-corrected chi connectivity index (χ2v) is 5.49. The van der Waals surface area contributed by atoms with E-state index in [1.54, 1.807) is 0 Å². The summed E-state index contributed by atoms with van der Waals surface area (Å²) in [4.78, 5) is 24.8. The van der Waals surface area contributed by atoms with Crippen LogP contribution >= 0.6 is 0 Å².